The van der Waals surface area contributed by atoms with Gasteiger partial charge in [-0.25, -0.2) is 0 Å². The van der Waals surface area contributed by atoms with Crippen molar-refractivity contribution in [1.82, 2.24) is 4.90 Å². The average molecular weight is 259 g/mol. The quantitative estimate of drug-likeness (QED) is 0.718. The van der Waals surface area contributed by atoms with E-state index >= 15 is 0 Å². The third-order valence-electron chi connectivity index (χ3n) is 4.81. The maximum Gasteiger partial charge on any atom is 0.0247 e. The minimum Gasteiger partial charge on any atom is -0.297 e. The molecule has 1 saturated heterocycles. The Hall–Kier alpha value is -0.820. The van der Waals surface area contributed by atoms with Crippen LogP contribution >= 0.6 is 0 Å². The normalized spacial score (nSPS) is 24.5. The van der Waals surface area contributed by atoms with Crippen LogP contribution in [-0.2, 0) is 6.42 Å². The average Bonchev–Trinajstić information content (AvgIpc) is 2.47. The fourth-order valence-electron chi connectivity index (χ4n) is 3.55. The van der Waals surface area contributed by atoms with Gasteiger partial charge in [-0.3, -0.25) is 4.90 Å². The van der Waals surface area contributed by atoms with E-state index in [-0.39, 0.29) is 0 Å². The van der Waals surface area contributed by atoms with E-state index in [9.17, 15) is 0 Å². The van der Waals surface area contributed by atoms with Gasteiger partial charge >= 0.3 is 0 Å². The first kappa shape index (κ1) is 14.6. The van der Waals surface area contributed by atoms with Gasteiger partial charge in [-0.2, -0.15) is 0 Å². The van der Waals surface area contributed by atoms with Crippen LogP contribution in [0.4, 0.5) is 0 Å². The summed E-state index contributed by atoms with van der Waals surface area (Å²) in [4.78, 5) is 2.80. The molecule has 2 rings (SSSR count). The zero-order valence-electron chi connectivity index (χ0n) is 12.7. The van der Waals surface area contributed by atoms with Crippen LogP contribution in [0.25, 0.3) is 0 Å². The Morgan fingerprint density at radius 3 is 2.58 bits per heavy atom. The SMILES string of the molecule is CCCCN1CCCCC1(CC)Cc1ccccc1. The molecule has 1 atom stereocenters. The molecular formula is C18H29N. The molecular weight excluding hydrogens is 230 g/mol. The molecule has 0 aromatic heterocycles. The summed E-state index contributed by atoms with van der Waals surface area (Å²) in [5.74, 6) is 0. The largest absolute Gasteiger partial charge is 0.297 e. The molecule has 0 saturated carbocycles. The van der Waals surface area contributed by atoms with Gasteiger partial charge in [0.05, 0.1) is 0 Å². The lowest BCUT2D eigenvalue weighted by atomic mass is 9.79. The molecule has 0 N–H and O–H groups in total. The van der Waals surface area contributed by atoms with Gasteiger partial charge in [0, 0.05) is 5.54 Å². The minimum absolute atomic E-state index is 0.425. The summed E-state index contributed by atoms with van der Waals surface area (Å²) in [6, 6.07) is 11.1. The predicted molar refractivity (Wildman–Crippen MR) is 83.5 cm³/mol. The Balaban J connectivity index is 2.12. The molecule has 1 aliphatic rings. The first-order valence-electron chi connectivity index (χ1n) is 8.10. The van der Waals surface area contributed by atoms with Gasteiger partial charge in [-0.15, -0.1) is 0 Å². The molecule has 1 aromatic rings. The molecule has 1 heteroatoms. The molecule has 1 nitrogen and oxygen atoms in total. The highest BCUT2D eigenvalue weighted by molar-refractivity contribution is 5.18. The third-order valence-corrected chi connectivity index (χ3v) is 4.81. The van der Waals surface area contributed by atoms with Gasteiger partial charge in [-0.1, -0.05) is 57.0 Å². The number of likely N-dealkylation sites (tertiary alicyclic amines) is 1. The Labute approximate surface area is 119 Å². The number of benzene rings is 1. The summed E-state index contributed by atoms with van der Waals surface area (Å²) in [5.41, 5.74) is 1.93. The Morgan fingerprint density at radius 1 is 1.11 bits per heavy atom. The van der Waals surface area contributed by atoms with Crippen LogP contribution in [0.2, 0.25) is 0 Å². The highest BCUT2D eigenvalue weighted by Gasteiger charge is 2.36. The van der Waals surface area contributed by atoms with Crippen LogP contribution in [0.1, 0.15) is 57.9 Å². The van der Waals surface area contributed by atoms with Gasteiger partial charge < -0.3 is 0 Å². The number of hydrogen-bond acceptors (Lipinski definition) is 1. The molecule has 1 unspecified atom stereocenters. The lowest BCUT2D eigenvalue weighted by Crippen LogP contribution is -2.53. The molecule has 1 aliphatic heterocycles. The van der Waals surface area contributed by atoms with E-state index in [0.717, 1.165) is 0 Å². The summed E-state index contributed by atoms with van der Waals surface area (Å²) >= 11 is 0. The van der Waals surface area contributed by atoms with Crippen LogP contribution in [0, 0.1) is 0 Å². The van der Waals surface area contributed by atoms with E-state index in [1.165, 1.54) is 63.6 Å². The summed E-state index contributed by atoms with van der Waals surface area (Å²) in [6.45, 7) is 7.28. The van der Waals surface area contributed by atoms with Crippen molar-refractivity contribution in [3.05, 3.63) is 35.9 Å². The van der Waals surface area contributed by atoms with Crippen LogP contribution < -0.4 is 0 Å². The molecule has 0 amide bonds. The molecule has 0 aliphatic carbocycles. The lowest BCUT2D eigenvalue weighted by Gasteiger charge is -2.47. The summed E-state index contributed by atoms with van der Waals surface area (Å²) in [6.07, 6.45) is 9.34. The standard InChI is InChI=1S/C18H29N/c1-3-5-14-19-15-10-9-13-18(19,4-2)16-17-11-7-6-8-12-17/h6-8,11-12H,3-5,9-10,13-16H2,1-2H3. The van der Waals surface area contributed by atoms with Gasteiger partial charge in [-0.05, 0) is 50.8 Å². The van der Waals surface area contributed by atoms with Crippen molar-refractivity contribution in [3.63, 3.8) is 0 Å². The van der Waals surface area contributed by atoms with Gasteiger partial charge in [0.15, 0.2) is 0 Å². The molecule has 19 heavy (non-hydrogen) atoms. The third kappa shape index (κ3) is 3.60. The van der Waals surface area contributed by atoms with E-state index in [0.29, 0.717) is 5.54 Å². The zero-order chi connectivity index (χ0) is 13.6. The smallest absolute Gasteiger partial charge is 0.0247 e. The van der Waals surface area contributed by atoms with Crippen molar-refractivity contribution in [2.45, 2.75) is 64.3 Å². The molecule has 1 aromatic carbocycles. The number of unbranched alkanes of at least 4 members (excludes halogenated alkanes) is 1. The highest BCUT2D eigenvalue weighted by Crippen LogP contribution is 2.34. The maximum atomic E-state index is 2.80. The number of piperidine rings is 1. The monoisotopic (exact) mass is 259 g/mol. The predicted octanol–water partition coefficient (Wildman–Crippen LogP) is 4.66. The second-order valence-electron chi connectivity index (χ2n) is 6.04. The number of hydrogen-bond donors (Lipinski definition) is 0. The molecule has 0 bridgehead atoms. The van der Waals surface area contributed by atoms with Crippen molar-refractivity contribution in [2.24, 2.45) is 0 Å². The minimum atomic E-state index is 0.425. The van der Waals surface area contributed by atoms with Crippen molar-refractivity contribution in [1.29, 1.82) is 0 Å². The van der Waals surface area contributed by atoms with Gasteiger partial charge in [0.2, 0.25) is 0 Å². The second kappa shape index (κ2) is 7.09. The zero-order valence-corrected chi connectivity index (χ0v) is 12.7. The van der Waals surface area contributed by atoms with Gasteiger partial charge in [0.1, 0.15) is 0 Å². The fraction of sp³-hybridized carbons (Fsp3) is 0.667. The van der Waals surface area contributed by atoms with Crippen molar-refractivity contribution >= 4 is 0 Å². The van der Waals surface area contributed by atoms with Crippen molar-refractivity contribution in [3.8, 4) is 0 Å². The van der Waals surface area contributed by atoms with E-state index in [1.54, 1.807) is 0 Å². The van der Waals surface area contributed by atoms with E-state index in [4.69, 9.17) is 0 Å². The van der Waals surface area contributed by atoms with Gasteiger partial charge in [0.25, 0.3) is 0 Å². The Morgan fingerprint density at radius 2 is 1.89 bits per heavy atom. The van der Waals surface area contributed by atoms with E-state index < -0.39 is 0 Å². The Kier molecular flexibility index (Phi) is 5.45. The first-order chi connectivity index (χ1) is 9.30. The number of nitrogens with zero attached hydrogens (tertiary/aromatic N) is 1. The summed E-state index contributed by atoms with van der Waals surface area (Å²) in [7, 11) is 0. The molecule has 1 heterocycles. The molecule has 0 spiro atoms. The van der Waals surface area contributed by atoms with Crippen LogP contribution in [0.15, 0.2) is 30.3 Å². The second-order valence-corrected chi connectivity index (χ2v) is 6.04. The lowest BCUT2D eigenvalue weighted by molar-refractivity contribution is 0.0411. The van der Waals surface area contributed by atoms with Crippen LogP contribution in [0.5, 0.6) is 0 Å². The summed E-state index contributed by atoms with van der Waals surface area (Å²) < 4.78 is 0. The first-order valence-corrected chi connectivity index (χ1v) is 8.10. The summed E-state index contributed by atoms with van der Waals surface area (Å²) in [5, 5.41) is 0. The molecule has 0 radical (unpaired) electrons. The Bertz CT molecular complexity index is 359. The highest BCUT2D eigenvalue weighted by atomic mass is 15.2. The van der Waals surface area contributed by atoms with Crippen molar-refractivity contribution < 1.29 is 0 Å². The molecule has 1 fully saturated rings. The van der Waals surface area contributed by atoms with E-state index in [2.05, 4.69) is 49.1 Å². The van der Waals surface area contributed by atoms with Crippen molar-refractivity contribution in [2.75, 3.05) is 13.1 Å². The van der Waals surface area contributed by atoms with Crippen LogP contribution in [0.3, 0.4) is 0 Å². The fourth-order valence-corrected chi connectivity index (χ4v) is 3.55. The topological polar surface area (TPSA) is 3.24 Å². The van der Waals surface area contributed by atoms with E-state index in [1.807, 2.05) is 0 Å². The number of rotatable bonds is 6. The maximum absolute atomic E-state index is 2.80. The molecule has 106 valence electrons. The van der Waals surface area contributed by atoms with Crippen LogP contribution in [-0.4, -0.2) is 23.5 Å².